The van der Waals surface area contributed by atoms with Gasteiger partial charge < -0.3 is 15.7 Å². The molecule has 4 nitrogen and oxygen atoms in total. The van der Waals surface area contributed by atoms with E-state index in [1.165, 1.54) is 6.07 Å². The van der Waals surface area contributed by atoms with Crippen LogP contribution in [0, 0.1) is 0 Å². The number of anilines is 2. The first-order valence-electron chi connectivity index (χ1n) is 6.06. The Kier molecular flexibility index (Phi) is 4.29. The molecule has 0 atom stereocenters. The number of hydrogen-bond acceptors (Lipinski definition) is 3. The van der Waals surface area contributed by atoms with E-state index >= 15 is 0 Å². The lowest BCUT2D eigenvalue weighted by Gasteiger charge is -2.21. The van der Waals surface area contributed by atoms with Crippen molar-refractivity contribution in [2.24, 2.45) is 0 Å². The first-order valence-corrected chi connectivity index (χ1v) is 6.85. The molecule has 0 radical (unpaired) electrons. The highest BCUT2D eigenvalue weighted by molar-refractivity contribution is 9.10. The minimum atomic E-state index is -0.978. The van der Waals surface area contributed by atoms with Crippen molar-refractivity contribution in [1.82, 2.24) is 0 Å². The summed E-state index contributed by atoms with van der Waals surface area (Å²) in [6.45, 7) is 0.615. The van der Waals surface area contributed by atoms with E-state index in [-0.39, 0.29) is 5.56 Å². The molecule has 104 valence electrons. The standard InChI is InChI=1S/C15H15BrN2O2/c1-18(9-10-3-2-4-11(16)7-10)14-6-5-12(17)8-13(14)15(19)20/h2-8H,9,17H2,1H3,(H,19,20). The normalized spacial score (nSPS) is 10.3. The van der Waals surface area contributed by atoms with E-state index in [4.69, 9.17) is 5.73 Å². The number of halogens is 1. The number of nitrogen functional groups attached to an aromatic ring is 1. The Bertz CT molecular complexity index is 644. The first-order chi connectivity index (χ1) is 9.47. The van der Waals surface area contributed by atoms with E-state index in [2.05, 4.69) is 15.9 Å². The lowest BCUT2D eigenvalue weighted by Crippen LogP contribution is -2.19. The molecule has 2 aromatic carbocycles. The summed E-state index contributed by atoms with van der Waals surface area (Å²) in [6.07, 6.45) is 0. The van der Waals surface area contributed by atoms with Crippen LogP contribution in [0.2, 0.25) is 0 Å². The zero-order valence-corrected chi connectivity index (χ0v) is 12.6. The van der Waals surface area contributed by atoms with E-state index in [0.29, 0.717) is 17.9 Å². The van der Waals surface area contributed by atoms with Crippen molar-refractivity contribution < 1.29 is 9.90 Å². The van der Waals surface area contributed by atoms with Crippen molar-refractivity contribution in [3.8, 4) is 0 Å². The van der Waals surface area contributed by atoms with Crippen LogP contribution in [0.15, 0.2) is 46.9 Å². The Morgan fingerprint density at radius 1 is 1.30 bits per heavy atom. The largest absolute Gasteiger partial charge is 0.478 e. The number of rotatable bonds is 4. The Morgan fingerprint density at radius 2 is 2.05 bits per heavy atom. The molecular formula is C15H15BrN2O2. The predicted octanol–water partition coefficient (Wildman–Crippen LogP) is 3.37. The van der Waals surface area contributed by atoms with Crippen LogP contribution in [0.5, 0.6) is 0 Å². The van der Waals surface area contributed by atoms with Gasteiger partial charge in [-0.2, -0.15) is 0 Å². The second-order valence-corrected chi connectivity index (χ2v) is 5.48. The fourth-order valence-electron chi connectivity index (χ4n) is 2.05. The van der Waals surface area contributed by atoms with Gasteiger partial charge in [0, 0.05) is 23.8 Å². The zero-order chi connectivity index (χ0) is 14.7. The van der Waals surface area contributed by atoms with Gasteiger partial charge in [0.05, 0.1) is 11.3 Å². The fraction of sp³-hybridized carbons (Fsp3) is 0.133. The van der Waals surface area contributed by atoms with Gasteiger partial charge >= 0.3 is 5.97 Å². The maximum absolute atomic E-state index is 11.3. The van der Waals surface area contributed by atoms with Gasteiger partial charge in [-0.25, -0.2) is 4.79 Å². The number of carboxylic acid groups (broad SMARTS) is 1. The highest BCUT2D eigenvalue weighted by Gasteiger charge is 2.14. The van der Waals surface area contributed by atoms with E-state index in [1.807, 2.05) is 36.2 Å². The number of nitrogens with two attached hydrogens (primary N) is 1. The summed E-state index contributed by atoms with van der Waals surface area (Å²) in [5.74, 6) is -0.978. The molecule has 0 aromatic heterocycles. The van der Waals surface area contributed by atoms with E-state index in [1.54, 1.807) is 12.1 Å². The smallest absolute Gasteiger partial charge is 0.337 e. The highest BCUT2D eigenvalue weighted by atomic mass is 79.9. The molecule has 3 N–H and O–H groups in total. The van der Waals surface area contributed by atoms with Crippen molar-refractivity contribution in [1.29, 1.82) is 0 Å². The van der Waals surface area contributed by atoms with Crippen molar-refractivity contribution >= 4 is 33.3 Å². The minimum Gasteiger partial charge on any atom is -0.478 e. The van der Waals surface area contributed by atoms with Crippen LogP contribution >= 0.6 is 15.9 Å². The van der Waals surface area contributed by atoms with Crippen LogP contribution < -0.4 is 10.6 Å². The van der Waals surface area contributed by atoms with Gasteiger partial charge in [-0.1, -0.05) is 28.1 Å². The molecule has 0 saturated heterocycles. The maximum Gasteiger partial charge on any atom is 0.337 e. The summed E-state index contributed by atoms with van der Waals surface area (Å²) in [5, 5.41) is 9.26. The van der Waals surface area contributed by atoms with Crippen molar-refractivity contribution in [3.63, 3.8) is 0 Å². The fourth-order valence-corrected chi connectivity index (χ4v) is 2.50. The molecule has 0 unspecified atom stereocenters. The molecule has 0 amide bonds. The zero-order valence-electron chi connectivity index (χ0n) is 11.0. The second-order valence-electron chi connectivity index (χ2n) is 4.57. The molecule has 0 heterocycles. The lowest BCUT2D eigenvalue weighted by atomic mass is 10.1. The summed E-state index contributed by atoms with van der Waals surface area (Å²) in [7, 11) is 1.86. The summed E-state index contributed by atoms with van der Waals surface area (Å²) in [4.78, 5) is 13.2. The molecule has 0 saturated carbocycles. The average molecular weight is 335 g/mol. The molecule has 0 aliphatic heterocycles. The highest BCUT2D eigenvalue weighted by Crippen LogP contribution is 2.24. The number of carboxylic acids is 1. The number of benzene rings is 2. The third kappa shape index (κ3) is 3.30. The van der Waals surface area contributed by atoms with Gasteiger partial charge in [0.2, 0.25) is 0 Å². The molecule has 5 heteroatoms. The number of hydrogen-bond donors (Lipinski definition) is 2. The summed E-state index contributed by atoms with van der Waals surface area (Å²) in [5.41, 5.74) is 8.04. The Morgan fingerprint density at radius 3 is 2.70 bits per heavy atom. The van der Waals surface area contributed by atoms with Crippen molar-refractivity contribution in [2.75, 3.05) is 17.7 Å². The minimum absolute atomic E-state index is 0.211. The second kappa shape index (κ2) is 5.96. The maximum atomic E-state index is 11.3. The van der Waals surface area contributed by atoms with Gasteiger partial charge in [-0.05, 0) is 35.9 Å². The summed E-state index contributed by atoms with van der Waals surface area (Å²) in [6, 6.07) is 12.8. The van der Waals surface area contributed by atoms with Crippen LogP contribution in [-0.4, -0.2) is 18.1 Å². The number of carbonyl (C=O) groups is 1. The van der Waals surface area contributed by atoms with E-state index in [0.717, 1.165) is 10.0 Å². The van der Waals surface area contributed by atoms with Crippen molar-refractivity contribution in [2.45, 2.75) is 6.54 Å². The van der Waals surface area contributed by atoms with Crippen LogP contribution in [0.4, 0.5) is 11.4 Å². The SMILES string of the molecule is CN(Cc1cccc(Br)c1)c1ccc(N)cc1C(=O)O. The molecule has 20 heavy (non-hydrogen) atoms. The topological polar surface area (TPSA) is 66.6 Å². The quantitative estimate of drug-likeness (QED) is 0.841. The summed E-state index contributed by atoms with van der Waals surface area (Å²) >= 11 is 3.43. The van der Waals surface area contributed by atoms with E-state index in [9.17, 15) is 9.90 Å². The average Bonchev–Trinajstić information content (AvgIpc) is 2.38. The molecule has 0 spiro atoms. The van der Waals surface area contributed by atoms with Crippen LogP contribution in [0.25, 0.3) is 0 Å². The predicted molar refractivity (Wildman–Crippen MR) is 84.1 cm³/mol. The number of nitrogens with zero attached hydrogens (tertiary/aromatic N) is 1. The number of aromatic carboxylic acids is 1. The monoisotopic (exact) mass is 334 g/mol. The van der Waals surface area contributed by atoms with Crippen LogP contribution in [0.3, 0.4) is 0 Å². The molecule has 0 aliphatic carbocycles. The van der Waals surface area contributed by atoms with Gasteiger partial charge in [-0.15, -0.1) is 0 Å². The lowest BCUT2D eigenvalue weighted by molar-refractivity contribution is 0.0697. The Labute approximate surface area is 126 Å². The third-order valence-electron chi connectivity index (χ3n) is 2.97. The van der Waals surface area contributed by atoms with Gasteiger partial charge in [-0.3, -0.25) is 0 Å². The molecule has 2 rings (SSSR count). The van der Waals surface area contributed by atoms with Crippen LogP contribution in [0.1, 0.15) is 15.9 Å². The van der Waals surface area contributed by atoms with Gasteiger partial charge in [0.15, 0.2) is 0 Å². The summed E-state index contributed by atoms with van der Waals surface area (Å²) < 4.78 is 0.999. The first kappa shape index (κ1) is 14.4. The molecule has 0 aliphatic rings. The van der Waals surface area contributed by atoms with Gasteiger partial charge in [0.1, 0.15) is 0 Å². The Balaban J connectivity index is 2.29. The molecule has 0 bridgehead atoms. The third-order valence-corrected chi connectivity index (χ3v) is 3.46. The van der Waals surface area contributed by atoms with Crippen LogP contribution in [-0.2, 0) is 6.54 Å². The molecular weight excluding hydrogens is 320 g/mol. The molecule has 0 fully saturated rings. The Hall–Kier alpha value is -2.01. The van der Waals surface area contributed by atoms with E-state index < -0.39 is 5.97 Å². The van der Waals surface area contributed by atoms with Crippen molar-refractivity contribution in [3.05, 3.63) is 58.1 Å². The van der Waals surface area contributed by atoms with Gasteiger partial charge in [0.25, 0.3) is 0 Å². The molecule has 2 aromatic rings.